The molecule has 0 unspecified atom stereocenters. The predicted octanol–water partition coefficient (Wildman–Crippen LogP) is 0.736. The lowest BCUT2D eigenvalue weighted by Gasteiger charge is -2.09. The van der Waals surface area contributed by atoms with Crippen LogP contribution < -0.4 is 11.2 Å². The summed E-state index contributed by atoms with van der Waals surface area (Å²) in [5.74, 6) is -0.464. The van der Waals surface area contributed by atoms with Crippen LogP contribution in [-0.2, 0) is 17.8 Å². The number of aromatic nitrogens is 2. The molecule has 0 N–H and O–H groups in total. The van der Waals surface area contributed by atoms with Gasteiger partial charge in [-0.05, 0) is 24.6 Å². The Kier molecular flexibility index (Phi) is 4.76. The van der Waals surface area contributed by atoms with E-state index in [4.69, 9.17) is 5.26 Å². The van der Waals surface area contributed by atoms with Gasteiger partial charge in [-0.25, -0.2) is 9.59 Å². The van der Waals surface area contributed by atoms with Crippen LogP contribution in [-0.4, -0.2) is 22.2 Å². The highest BCUT2D eigenvalue weighted by Crippen LogP contribution is 2.06. The van der Waals surface area contributed by atoms with Gasteiger partial charge in [0.1, 0.15) is 11.6 Å². The Labute approximate surface area is 132 Å². The van der Waals surface area contributed by atoms with Gasteiger partial charge >= 0.3 is 11.7 Å². The van der Waals surface area contributed by atoms with Crippen LogP contribution in [0.25, 0.3) is 0 Å². The maximum Gasteiger partial charge on any atom is 0.337 e. The van der Waals surface area contributed by atoms with Crippen LogP contribution in [0.15, 0.2) is 40.1 Å². The lowest BCUT2D eigenvalue weighted by Crippen LogP contribution is -2.40. The highest BCUT2D eigenvalue weighted by molar-refractivity contribution is 5.89. The van der Waals surface area contributed by atoms with Crippen molar-refractivity contribution in [3.05, 3.63) is 68.0 Å². The Morgan fingerprint density at radius 2 is 1.91 bits per heavy atom. The van der Waals surface area contributed by atoms with Gasteiger partial charge in [-0.3, -0.25) is 13.9 Å². The molecule has 0 spiro atoms. The quantitative estimate of drug-likeness (QED) is 0.776. The lowest BCUT2D eigenvalue weighted by molar-refractivity contribution is 0.0600. The first kappa shape index (κ1) is 16.2. The minimum absolute atomic E-state index is 0.0225. The molecule has 118 valence electrons. The molecule has 0 aliphatic carbocycles. The average Bonchev–Trinajstić information content (AvgIpc) is 2.58. The van der Waals surface area contributed by atoms with Gasteiger partial charge in [0.05, 0.1) is 19.2 Å². The molecule has 7 heteroatoms. The SMILES string of the molecule is CCn1cc(C#N)c(=O)n(Cc2ccc(C(=O)OC)cc2)c1=O. The molecular formula is C16H15N3O4. The number of rotatable bonds is 4. The predicted molar refractivity (Wildman–Crippen MR) is 82.2 cm³/mol. The maximum absolute atomic E-state index is 12.3. The largest absolute Gasteiger partial charge is 0.465 e. The number of benzene rings is 1. The van der Waals surface area contributed by atoms with Crippen molar-refractivity contribution in [3.63, 3.8) is 0 Å². The molecule has 7 nitrogen and oxygen atoms in total. The van der Waals surface area contributed by atoms with Gasteiger partial charge in [-0.2, -0.15) is 5.26 Å². The number of hydrogen-bond donors (Lipinski definition) is 0. The van der Waals surface area contributed by atoms with Gasteiger partial charge < -0.3 is 4.74 Å². The molecule has 0 aliphatic heterocycles. The first-order chi connectivity index (χ1) is 11.0. The Hall–Kier alpha value is -3.14. The van der Waals surface area contributed by atoms with Gasteiger partial charge in [0.2, 0.25) is 0 Å². The summed E-state index contributed by atoms with van der Waals surface area (Å²) in [4.78, 5) is 35.8. The van der Waals surface area contributed by atoms with Gasteiger partial charge in [-0.1, -0.05) is 12.1 Å². The minimum Gasteiger partial charge on any atom is -0.465 e. The highest BCUT2D eigenvalue weighted by atomic mass is 16.5. The zero-order chi connectivity index (χ0) is 17.0. The fourth-order valence-electron chi connectivity index (χ4n) is 2.14. The lowest BCUT2D eigenvalue weighted by atomic mass is 10.1. The van der Waals surface area contributed by atoms with Gasteiger partial charge in [0, 0.05) is 12.7 Å². The third kappa shape index (κ3) is 3.21. The van der Waals surface area contributed by atoms with Crippen molar-refractivity contribution in [2.45, 2.75) is 20.0 Å². The molecule has 23 heavy (non-hydrogen) atoms. The van der Waals surface area contributed by atoms with E-state index in [2.05, 4.69) is 4.74 Å². The molecular weight excluding hydrogens is 298 g/mol. The van der Waals surface area contributed by atoms with Crippen molar-refractivity contribution in [2.24, 2.45) is 0 Å². The van der Waals surface area contributed by atoms with E-state index in [1.807, 2.05) is 0 Å². The monoisotopic (exact) mass is 313 g/mol. The molecule has 2 aromatic rings. The third-order valence-corrected chi connectivity index (χ3v) is 3.41. The van der Waals surface area contributed by atoms with Gasteiger partial charge in [-0.15, -0.1) is 0 Å². The molecule has 0 saturated carbocycles. The van der Waals surface area contributed by atoms with Crippen molar-refractivity contribution in [1.82, 2.24) is 9.13 Å². The normalized spacial score (nSPS) is 10.1. The fraction of sp³-hybridized carbons (Fsp3) is 0.250. The van der Waals surface area contributed by atoms with Crippen LogP contribution in [0.3, 0.4) is 0 Å². The average molecular weight is 313 g/mol. The second kappa shape index (κ2) is 6.75. The van der Waals surface area contributed by atoms with Crippen molar-refractivity contribution >= 4 is 5.97 Å². The smallest absolute Gasteiger partial charge is 0.337 e. The first-order valence-corrected chi connectivity index (χ1v) is 6.93. The molecule has 0 bridgehead atoms. The van der Waals surface area contributed by atoms with Crippen LogP contribution in [0.5, 0.6) is 0 Å². The fourth-order valence-corrected chi connectivity index (χ4v) is 2.14. The van der Waals surface area contributed by atoms with E-state index in [1.54, 1.807) is 37.3 Å². The second-order valence-electron chi connectivity index (χ2n) is 4.80. The van der Waals surface area contributed by atoms with Crippen molar-refractivity contribution in [1.29, 1.82) is 5.26 Å². The zero-order valence-electron chi connectivity index (χ0n) is 12.8. The van der Waals surface area contributed by atoms with Crippen LogP contribution in [0.2, 0.25) is 0 Å². The number of methoxy groups -OCH3 is 1. The second-order valence-corrected chi connectivity index (χ2v) is 4.80. The maximum atomic E-state index is 12.3. The summed E-state index contributed by atoms with van der Waals surface area (Å²) in [7, 11) is 1.29. The van der Waals surface area contributed by atoms with Crippen LogP contribution in [0.1, 0.15) is 28.4 Å². The summed E-state index contributed by atoms with van der Waals surface area (Å²) in [5.41, 5.74) is -0.152. The van der Waals surface area contributed by atoms with Gasteiger partial charge in [0.25, 0.3) is 5.56 Å². The third-order valence-electron chi connectivity index (χ3n) is 3.41. The Balaban J connectivity index is 2.44. The number of nitriles is 1. The van der Waals surface area contributed by atoms with Crippen LogP contribution >= 0.6 is 0 Å². The van der Waals surface area contributed by atoms with Crippen molar-refractivity contribution in [2.75, 3.05) is 7.11 Å². The van der Waals surface area contributed by atoms with Gasteiger partial charge in [0.15, 0.2) is 0 Å². The van der Waals surface area contributed by atoms with E-state index in [0.29, 0.717) is 17.7 Å². The van der Waals surface area contributed by atoms with E-state index < -0.39 is 17.2 Å². The molecule has 0 radical (unpaired) electrons. The summed E-state index contributed by atoms with van der Waals surface area (Å²) in [6.45, 7) is 2.13. The van der Waals surface area contributed by atoms with E-state index in [1.165, 1.54) is 17.9 Å². The number of carbonyl (C=O) groups is 1. The molecule has 0 aliphatic rings. The van der Waals surface area contributed by atoms with Crippen LogP contribution in [0.4, 0.5) is 0 Å². The Morgan fingerprint density at radius 3 is 2.43 bits per heavy atom. The summed E-state index contributed by atoms with van der Waals surface area (Å²) in [5, 5.41) is 9.01. The van der Waals surface area contributed by atoms with Crippen molar-refractivity contribution in [3.8, 4) is 6.07 Å². The van der Waals surface area contributed by atoms with E-state index in [0.717, 1.165) is 4.57 Å². The molecule has 0 atom stereocenters. The van der Waals surface area contributed by atoms with E-state index in [-0.39, 0.29) is 12.1 Å². The summed E-state index contributed by atoms with van der Waals surface area (Å²) in [6.07, 6.45) is 1.27. The molecule has 0 fully saturated rings. The minimum atomic E-state index is -0.626. The molecule has 1 aromatic carbocycles. The van der Waals surface area contributed by atoms with Crippen molar-refractivity contribution < 1.29 is 9.53 Å². The summed E-state index contributed by atoms with van der Waals surface area (Å²) < 4.78 is 6.93. The summed E-state index contributed by atoms with van der Waals surface area (Å²) >= 11 is 0. The zero-order valence-corrected chi connectivity index (χ0v) is 12.8. The highest BCUT2D eigenvalue weighted by Gasteiger charge is 2.11. The standard InChI is InChI=1S/C16H15N3O4/c1-3-18-10-13(8-17)14(20)19(16(18)22)9-11-4-6-12(7-5-11)15(21)23-2/h4-7,10H,3,9H2,1-2H3. The topological polar surface area (TPSA) is 94.1 Å². The summed E-state index contributed by atoms with van der Waals surface area (Å²) in [6, 6.07) is 8.17. The Morgan fingerprint density at radius 1 is 1.26 bits per heavy atom. The first-order valence-electron chi connectivity index (χ1n) is 6.93. The Bertz CT molecular complexity index is 886. The molecule has 2 rings (SSSR count). The molecule has 1 aromatic heterocycles. The molecule has 0 amide bonds. The number of aryl methyl sites for hydroxylation is 1. The van der Waals surface area contributed by atoms with E-state index >= 15 is 0 Å². The molecule has 1 heterocycles. The number of ether oxygens (including phenoxy) is 1. The molecule has 0 saturated heterocycles. The number of hydrogen-bond acceptors (Lipinski definition) is 5. The van der Waals surface area contributed by atoms with Crippen LogP contribution in [0, 0.1) is 11.3 Å². The number of esters is 1. The van der Waals surface area contributed by atoms with E-state index in [9.17, 15) is 14.4 Å². The number of nitrogens with zero attached hydrogens (tertiary/aromatic N) is 3. The number of carbonyl (C=O) groups excluding carboxylic acids is 1.